The molecule has 1 atom stereocenters. The number of nitrogens with one attached hydrogen (secondary N) is 1. The zero-order chi connectivity index (χ0) is 23.9. The third-order valence-electron chi connectivity index (χ3n) is 6.19. The van der Waals surface area contributed by atoms with Crippen molar-refractivity contribution >= 4 is 33.5 Å². The number of rotatable bonds is 3. The summed E-state index contributed by atoms with van der Waals surface area (Å²) < 4.78 is 54.0. The lowest BCUT2D eigenvalue weighted by Crippen LogP contribution is -2.53. The van der Waals surface area contributed by atoms with Gasteiger partial charge in [0.05, 0.1) is 11.4 Å². The van der Waals surface area contributed by atoms with Crippen LogP contribution in [0, 0.1) is 5.82 Å². The molecule has 0 bridgehead atoms. The Labute approximate surface area is 198 Å². The third-order valence-corrected chi connectivity index (χ3v) is 7.21. The predicted octanol–water partition coefficient (Wildman–Crippen LogP) is 5.69. The average molecular weight is 490 g/mol. The van der Waals surface area contributed by atoms with Gasteiger partial charge in [-0.3, -0.25) is 4.90 Å². The number of alkyl halides is 3. The number of para-hydroxylation sites is 2. The highest BCUT2D eigenvalue weighted by molar-refractivity contribution is 7.16. The predicted molar refractivity (Wildman–Crippen MR) is 126 cm³/mol. The van der Waals surface area contributed by atoms with E-state index in [0.717, 1.165) is 18.5 Å². The Morgan fingerprint density at radius 2 is 1.94 bits per heavy atom. The van der Waals surface area contributed by atoms with E-state index in [4.69, 9.17) is 4.99 Å². The van der Waals surface area contributed by atoms with E-state index in [2.05, 4.69) is 15.2 Å². The zero-order valence-electron chi connectivity index (χ0n) is 18.4. The van der Waals surface area contributed by atoms with Crippen molar-refractivity contribution in [1.29, 1.82) is 0 Å². The first kappa shape index (κ1) is 22.8. The van der Waals surface area contributed by atoms with Crippen LogP contribution >= 0.6 is 11.3 Å². The number of aryl methyl sites for hydroxylation is 1. The summed E-state index contributed by atoms with van der Waals surface area (Å²) in [6.07, 6.45) is -3.04. The van der Waals surface area contributed by atoms with E-state index in [9.17, 15) is 17.6 Å². The maximum Gasteiger partial charge on any atom is 0.443 e. The van der Waals surface area contributed by atoms with Gasteiger partial charge in [-0.2, -0.15) is 13.2 Å². The van der Waals surface area contributed by atoms with Crippen molar-refractivity contribution in [2.75, 3.05) is 32.0 Å². The Morgan fingerprint density at radius 1 is 1.12 bits per heavy atom. The van der Waals surface area contributed by atoms with E-state index in [-0.39, 0.29) is 17.6 Å². The van der Waals surface area contributed by atoms with Crippen LogP contribution in [0.5, 0.6) is 0 Å². The summed E-state index contributed by atoms with van der Waals surface area (Å²) in [5.41, 5.74) is 2.45. The van der Waals surface area contributed by atoms with Gasteiger partial charge in [0.25, 0.3) is 0 Å². The molecular weight excluding hydrogens is 466 g/mol. The molecule has 2 aliphatic heterocycles. The van der Waals surface area contributed by atoms with Crippen LogP contribution < -0.4 is 5.32 Å². The minimum absolute atomic E-state index is 0.135. The Bertz CT molecular complexity index is 1220. The van der Waals surface area contributed by atoms with Gasteiger partial charge in [0, 0.05) is 25.7 Å². The molecule has 3 aromatic rings. The molecule has 34 heavy (non-hydrogen) atoms. The van der Waals surface area contributed by atoms with Crippen molar-refractivity contribution in [3.63, 3.8) is 0 Å². The van der Waals surface area contributed by atoms with Crippen molar-refractivity contribution in [1.82, 2.24) is 14.8 Å². The summed E-state index contributed by atoms with van der Waals surface area (Å²) in [5.74, 6) is 0.190. The molecular formula is C24H23F4N5S. The van der Waals surface area contributed by atoms with Gasteiger partial charge in [-0.05, 0) is 49.7 Å². The molecule has 178 valence electrons. The molecule has 1 fully saturated rings. The van der Waals surface area contributed by atoms with Crippen molar-refractivity contribution in [2.24, 2.45) is 4.99 Å². The van der Waals surface area contributed by atoms with Crippen molar-refractivity contribution in [3.05, 3.63) is 70.6 Å². The molecule has 10 heteroatoms. The van der Waals surface area contributed by atoms with E-state index in [0.29, 0.717) is 53.1 Å². The summed E-state index contributed by atoms with van der Waals surface area (Å²) in [4.78, 5) is 13.0. The lowest BCUT2D eigenvalue weighted by atomic mass is 10.0. The van der Waals surface area contributed by atoms with Crippen LogP contribution in [0.15, 0.2) is 53.5 Å². The number of benzene rings is 2. The SMILES string of the molecule is CN1CCN(C2=Nc3ccccc3Nc3sc(C(F)(F)F)nc32)C[C@@H]1CCc1cccc(F)c1. The summed E-state index contributed by atoms with van der Waals surface area (Å²) in [7, 11) is 2.04. The zero-order valence-corrected chi connectivity index (χ0v) is 19.3. The van der Waals surface area contributed by atoms with Crippen LogP contribution in [0.3, 0.4) is 0 Å². The number of fused-ring (bicyclic) bond motifs is 2. The molecule has 0 unspecified atom stereocenters. The Kier molecular flexibility index (Phi) is 6.03. The number of anilines is 2. The molecule has 5 nitrogen and oxygen atoms in total. The second-order valence-electron chi connectivity index (χ2n) is 8.52. The average Bonchev–Trinajstić information content (AvgIpc) is 3.16. The maximum atomic E-state index is 13.6. The molecule has 1 N–H and O–H groups in total. The fraction of sp³-hybridized carbons (Fsp3) is 0.333. The highest BCUT2D eigenvalue weighted by Crippen LogP contribution is 2.42. The van der Waals surface area contributed by atoms with Gasteiger partial charge in [0.2, 0.25) is 5.01 Å². The number of hydrogen-bond acceptors (Lipinski definition) is 6. The van der Waals surface area contributed by atoms with Crippen LogP contribution in [-0.2, 0) is 12.6 Å². The van der Waals surface area contributed by atoms with Gasteiger partial charge >= 0.3 is 6.18 Å². The van der Waals surface area contributed by atoms with Crippen LogP contribution in [0.1, 0.15) is 22.7 Å². The van der Waals surface area contributed by atoms with Crippen molar-refractivity contribution < 1.29 is 17.6 Å². The lowest BCUT2D eigenvalue weighted by Gasteiger charge is -2.40. The number of hydrogen-bond donors (Lipinski definition) is 1. The number of nitrogens with zero attached hydrogens (tertiary/aromatic N) is 4. The van der Waals surface area contributed by atoms with E-state index in [1.165, 1.54) is 6.07 Å². The monoisotopic (exact) mass is 489 g/mol. The fourth-order valence-corrected chi connectivity index (χ4v) is 5.18. The minimum Gasteiger partial charge on any atom is -0.352 e. The second-order valence-corrected chi connectivity index (χ2v) is 9.52. The summed E-state index contributed by atoms with van der Waals surface area (Å²) in [6, 6.07) is 14.0. The Balaban J connectivity index is 1.45. The first-order valence-electron chi connectivity index (χ1n) is 11.0. The van der Waals surface area contributed by atoms with Gasteiger partial charge in [-0.1, -0.05) is 35.6 Å². The number of piperazine rings is 1. The minimum atomic E-state index is -4.53. The normalized spacial score (nSPS) is 18.6. The molecule has 0 spiro atoms. The van der Waals surface area contributed by atoms with E-state index >= 15 is 0 Å². The first-order chi connectivity index (χ1) is 16.3. The molecule has 0 radical (unpaired) electrons. The fourth-order valence-electron chi connectivity index (χ4n) is 4.34. The number of amidine groups is 1. The summed E-state index contributed by atoms with van der Waals surface area (Å²) in [6.45, 7) is 1.94. The Morgan fingerprint density at radius 3 is 2.74 bits per heavy atom. The largest absolute Gasteiger partial charge is 0.443 e. The van der Waals surface area contributed by atoms with Gasteiger partial charge in [0.15, 0.2) is 5.84 Å². The molecule has 2 aliphatic rings. The molecule has 0 aliphatic carbocycles. The number of likely N-dealkylation sites (N-methyl/N-ethyl adjacent to an activating group) is 1. The summed E-state index contributed by atoms with van der Waals surface area (Å²) >= 11 is 0.597. The highest BCUT2D eigenvalue weighted by atomic mass is 32.1. The molecule has 5 rings (SSSR count). The van der Waals surface area contributed by atoms with E-state index in [1.54, 1.807) is 18.2 Å². The third kappa shape index (κ3) is 4.65. The molecule has 1 saturated heterocycles. The molecule has 1 aromatic heterocycles. The summed E-state index contributed by atoms with van der Waals surface area (Å²) in [5, 5.41) is 2.55. The van der Waals surface area contributed by atoms with Crippen LogP contribution in [0.4, 0.5) is 33.9 Å². The van der Waals surface area contributed by atoms with E-state index in [1.807, 2.05) is 36.2 Å². The molecule has 3 heterocycles. The number of aromatic nitrogens is 1. The van der Waals surface area contributed by atoms with Gasteiger partial charge in [-0.25, -0.2) is 14.4 Å². The van der Waals surface area contributed by atoms with Gasteiger partial charge < -0.3 is 10.2 Å². The van der Waals surface area contributed by atoms with Crippen LogP contribution in [0.25, 0.3) is 0 Å². The van der Waals surface area contributed by atoms with Crippen LogP contribution in [-0.4, -0.2) is 53.3 Å². The van der Waals surface area contributed by atoms with E-state index < -0.39 is 11.2 Å². The lowest BCUT2D eigenvalue weighted by molar-refractivity contribution is -0.137. The Hall–Kier alpha value is -2.98. The number of thiazole rings is 1. The maximum absolute atomic E-state index is 13.6. The van der Waals surface area contributed by atoms with Gasteiger partial charge in [0.1, 0.15) is 16.5 Å². The van der Waals surface area contributed by atoms with Crippen LogP contribution in [0.2, 0.25) is 0 Å². The smallest absolute Gasteiger partial charge is 0.352 e. The molecule has 0 amide bonds. The first-order valence-corrected chi connectivity index (χ1v) is 11.8. The number of halogens is 4. The topological polar surface area (TPSA) is 43.8 Å². The molecule has 2 aromatic carbocycles. The second kappa shape index (κ2) is 8.99. The van der Waals surface area contributed by atoms with Gasteiger partial charge in [-0.15, -0.1) is 0 Å². The highest BCUT2D eigenvalue weighted by Gasteiger charge is 2.39. The molecule has 0 saturated carbocycles. The number of aliphatic imine (C=N–C) groups is 1. The van der Waals surface area contributed by atoms with Crippen molar-refractivity contribution in [3.8, 4) is 0 Å². The van der Waals surface area contributed by atoms with Crippen molar-refractivity contribution in [2.45, 2.75) is 25.1 Å². The standard InChI is InChI=1S/C24H23F4N5S/c1-32-11-12-33(14-17(32)10-9-15-5-4-6-16(25)13-15)21-20-22(34-23(31-20)24(26,27)28)30-19-8-3-2-7-18(19)29-21/h2-8,13,17,30H,9-12,14H2,1H3/t17-/m0/s1. The quantitative estimate of drug-likeness (QED) is 0.481.